The SMILES string of the molecule is CCOC(=O)CN1CCN(C2CCN(C(=O)[C@@H](Cc3cc(C)c(O)c(C)c3)OC(=O)N3CCC(N4CCc5ccccc5NC4=O)CC3)CC2)CC1.CN1CCOCC1. The molecular weight excluding hydrogens is 755 g/mol. The lowest BCUT2D eigenvalue weighted by molar-refractivity contribution is -0.145. The molecule has 0 saturated carbocycles. The molecule has 0 spiro atoms. The van der Waals surface area contributed by atoms with E-state index in [9.17, 15) is 24.3 Å². The quantitative estimate of drug-likeness (QED) is 0.357. The van der Waals surface area contributed by atoms with Gasteiger partial charge in [0.2, 0.25) is 0 Å². The average molecular weight is 820 g/mol. The van der Waals surface area contributed by atoms with E-state index in [1.165, 1.54) is 0 Å². The maximum absolute atomic E-state index is 14.1. The first-order valence-electron chi connectivity index (χ1n) is 21.6. The maximum atomic E-state index is 14.1. The van der Waals surface area contributed by atoms with Crippen LogP contribution in [0, 0.1) is 13.8 Å². The number of piperazine rings is 1. The van der Waals surface area contributed by atoms with E-state index >= 15 is 0 Å². The monoisotopic (exact) mass is 819 g/mol. The maximum Gasteiger partial charge on any atom is 0.410 e. The van der Waals surface area contributed by atoms with Crippen LogP contribution in [0.5, 0.6) is 5.75 Å². The number of nitrogens with one attached hydrogen (secondary N) is 1. The van der Waals surface area contributed by atoms with Crippen molar-refractivity contribution in [3.8, 4) is 5.75 Å². The molecule has 15 nitrogen and oxygen atoms in total. The van der Waals surface area contributed by atoms with Crippen LogP contribution < -0.4 is 5.32 Å². The molecule has 4 amide bonds. The predicted octanol–water partition coefficient (Wildman–Crippen LogP) is 3.73. The number of aromatic hydroxyl groups is 1. The van der Waals surface area contributed by atoms with Crippen LogP contribution in [0.25, 0.3) is 0 Å². The van der Waals surface area contributed by atoms with Gasteiger partial charge in [0.1, 0.15) is 5.75 Å². The summed E-state index contributed by atoms with van der Waals surface area (Å²) < 4.78 is 16.3. The molecule has 0 bridgehead atoms. The molecule has 4 fully saturated rings. The first-order valence-corrected chi connectivity index (χ1v) is 21.6. The van der Waals surface area contributed by atoms with Crippen molar-refractivity contribution in [1.29, 1.82) is 0 Å². The zero-order valence-corrected chi connectivity index (χ0v) is 35.5. The van der Waals surface area contributed by atoms with Crippen molar-refractivity contribution in [2.45, 2.75) is 77.5 Å². The van der Waals surface area contributed by atoms with Gasteiger partial charge in [-0.05, 0) is 88.2 Å². The van der Waals surface area contributed by atoms with E-state index in [1.807, 2.05) is 67.0 Å². The number of ether oxygens (including phenoxy) is 3. The number of benzene rings is 2. The molecule has 15 heteroatoms. The molecule has 2 aromatic carbocycles. The van der Waals surface area contributed by atoms with Crippen molar-refractivity contribution in [2.24, 2.45) is 0 Å². The molecule has 324 valence electrons. The number of hydrogen-bond donors (Lipinski definition) is 2. The van der Waals surface area contributed by atoms with Crippen LogP contribution in [0.3, 0.4) is 0 Å². The molecule has 5 heterocycles. The van der Waals surface area contributed by atoms with Crippen molar-refractivity contribution in [2.75, 3.05) is 111 Å². The van der Waals surface area contributed by atoms with E-state index < -0.39 is 12.2 Å². The number of carbonyl (C=O) groups is 4. The highest BCUT2D eigenvalue weighted by molar-refractivity contribution is 5.91. The zero-order chi connectivity index (χ0) is 41.9. The Morgan fingerprint density at radius 2 is 1.47 bits per heavy atom. The normalized spacial score (nSPS) is 20.7. The van der Waals surface area contributed by atoms with Gasteiger partial charge in [0.05, 0.1) is 26.4 Å². The summed E-state index contributed by atoms with van der Waals surface area (Å²) in [6, 6.07) is 11.8. The van der Waals surface area contributed by atoms with Crippen molar-refractivity contribution in [1.82, 2.24) is 29.4 Å². The molecule has 1 atom stereocenters. The van der Waals surface area contributed by atoms with E-state index in [0.29, 0.717) is 75.9 Å². The number of aryl methyl sites for hydroxylation is 2. The van der Waals surface area contributed by atoms with Crippen LogP contribution in [-0.2, 0) is 36.6 Å². The lowest BCUT2D eigenvalue weighted by Crippen LogP contribution is -2.55. The summed E-state index contributed by atoms with van der Waals surface area (Å²) in [6.07, 6.45) is 2.34. The Balaban J connectivity index is 0.000000757. The van der Waals surface area contributed by atoms with Crippen molar-refractivity contribution in [3.63, 3.8) is 0 Å². The lowest BCUT2D eigenvalue weighted by Gasteiger charge is -2.43. The molecule has 5 aliphatic heterocycles. The number of fused-ring (bicyclic) bond motifs is 1. The van der Waals surface area contributed by atoms with Gasteiger partial charge in [-0.3, -0.25) is 19.4 Å². The van der Waals surface area contributed by atoms with Crippen LogP contribution in [0.2, 0.25) is 0 Å². The molecule has 0 radical (unpaired) electrons. The van der Waals surface area contributed by atoms with Gasteiger partial charge >= 0.3 is 18.1 Å². The number of piperidine rings is 2. The third-order valence-electron chi connectivity index (χ3n) is 12.4. The van der Waals surface area contributed by atoms with Gasteiger partial charge in [0.25, 0.3) is 5.91 Å². The number of esters is 1. The number of hydrogen-bond acceptors (Lipinski definition) is 11. The van der Waals surface area contributed by atoms with E-state index in [1.54, 1.807) is 4.90 Å². The van der Waals surface area contributed by atoms with E-state index in [-0.39, 0.29) is 36.1 Å². The van der Waals surface area contributed by atoms with Crippen LogP contribution in [0.15, 0.2) is 36.4 Å². The highest BCUT2D eigenvalue weighted by Crippen LogP contribution is 2.28. The number of urea groups is 1. The van der Waals surface area contributed by atoms with Gasteiger partial charge in [-0.1, -0.05) is 30.3 Å². The summed E-state index contributed by atoms with van der Waals surface area (Å²) in [5.41, 5.74) is 4.20. The summed E-state index contributed by atoms with van der Waals surface area (Å²) in [4.78, 5) is 65.1. The van der Waals surface area contributed by atoms with Crippen LogP contribution >= 0.6 is 0 Å². The highest BCUT2D eigenvalue weighted by atomic mass is 16.6. The molecule has 2 aromatic rings. The van der Waals surface area contributed by atoms with Gasteiger partial charge in [-0.2, -0.15) is 0 Å². The van der Waals surface area contributed by atoms with Crippen molar-refractivity contribution < 1.29 is 38.5 Å². The molecule has 7 rings (SSSR count). The average Bonchev–Trinajstić information content (AvgIpc) is 3.41. The molecule has 5 aliphatic rings. The Kier molecular flexibility index (Phi) is 15.8. The predicted molar refractivity (Wildman–Crippen MR) is 225 cm³/mol. The van der Waals surface area contributed by atoms with E-state index in [0.717, 1.165) is 88.6 Å². The Morgan fingerprint density at radius 3 is 2.10 bits per heavy atom. The molecule has 0 unspecified atom stereocenters. The number of para-hydroxylation sites is 1. The summed E-state index contributed by atoms with van der Waals surface area (Å²) in [5, 5.41) is 13.4. The van der Waals surface area contributed by atoms with Crippen molar-refractivity contribution >= 4 is 29.7 Å². The minimum atomic E-state index is -1.01. The van der Waals surface area contributed by atoms with Gasteiger partial charge in [0.15, 0.2) is 6.10 Å². The number of carbonyl (C=O) groups excluding carboxylic acids is 4. The number of phenolic OH excluding ortho intramolecular Hbond substituents is 1. The molecule has 0 aliphatic carbocycles. The molecule has 0 aromatic heterocycles. The summed E-state index contributed by atoms with van der Waals surface area (Å²) >= 11 is 0. The third kappa shape index (κ3) is 12.1. The second-order valence-corrected chi connectivity index (χ2v) is 16.5. The lowest BCUT2D eigenvalue weighted by atomic mass is 9.98. The fraction of sp³-hybridized carbons (Fsp3) is 0.636. The number of rotatable bonds is 9. The molecular formula is C44H65N7O8. The van der Waals surface area contributed by atoms with Crippen LogP contribution in [0.4, 0.5) is 15.3 Å². The van der Waals surface area contributed by atoms with Gasteiger partial charge in [0, 0.05) is 96.2 Å². The smallest absolute Gasteiger partial charge is 0.410 e. The van der Waals surface area contributed by atoms with Gasteiger partial charge < -0.3 is 44.2 Å². The number of amides is 4. The van der Waals surface area contributed by atoms with Crippen LogP contribution in [-0.4, -0.2) is 182 Å². The van der Waals surface area contributed by atoms with Crippen LogP contribution in [0.1, 0.15) is 54.9 Å². The second-order valence-electron chi connectivity index (χ2n) is 16.5. The topological polar surface area (TPSA) is 148 Å². The van der Waals surface area contributed by atoms with E-state index in [4.69, 9.17) is 14.2 Å². The Labute approximate surface area is 349 Å². The van der Waals surface area contributed by atoms with E-state index in [2.05, 4.69) is 27.1 Å². The number of morpholine rings is 1. The summed E-state index contributed by atoms with van der Waals surface area (Å²) in [5.74, 6) is -0.170. The number of anilines is 1. The zero-order valence-electron chi connectivity index (χ0n) is 35.5. The molecule has 4 saturated heterocycles. The fourth-order valence-corrected chi connectivity index (χ4v) is 8.84. The number of phenols is 1. The summed E-state index contributed by atoms with van der Waals surface area (Å²) in [7, 11) is 2.11. The standard InChI is InChI=1S/C39H54N6O7.C5H11NO/c1-4-51-35(46)26-41-19-21-42(22-20-41)31-10-14-43(15-11-31)37(48)34(25-29-23-27(2)36(47)28(3)24-29)52-39(50)44-16-12-32(13-17-44)45-18-9-30-7-5-6-8-33(30)40-38(45)49;1-6-2-4-7-5-3-6/h5-8,23-24,31-32,34,47H,4,9-22,25-26H2,1-3H3,(H,40,49);2-5H2,1H3/t34-;/m1./s1. The highest BCUT2D eigenvalue weighted by Gasteiger charge is 2.37. The molecule has 2 N–H and O–H groups in total. The number of likely N-dealkylation sites (N-methyl/N-ethyl adjacent to an activating group) is 1. The summed E-state index contributed by atoms with van der Waals surface area (Å²) in [6.45, 7) is 16.1. The number of nitrogens with zero attached hydrogens (tertiary/aromatic N) is 6. The first kappa shape index (κ1) is 44.1. The van der Waals surface area contributed by atoms with Crippen molar-refractivity contribution in [3.05, 3.63) is 58.7 Å². The largest absolute Gasteiger partial charge is 0.507 e. The Hall–Kier alpha value is -4.44. The molecule has 59 heavy (non-hydrogen) atoms. The number of likely N-dealkylation sites (tertiary alicyclic amines) is 2. The Bertz CT molecular complexity index is 1710. The second kappa shape index (κ2) is 21.2. The van der Waals surface area contributed by atoms with Gasteiger partial charge in [-0.15, -0.1) is 0 Å². The Morgan fingerprint density at radius 1 is 0.847 bits per heavy atom. The third-order valence-corrected chi connectivity index (χ3v) is 12.4. The minimum Gasteiger partial charge on any atom is -0.507 e. The van der Waals surface area contributed by atoms with Gasteiger partial charge in [-0.25, -0.2) is 9.59 Å². The first-order chi connectivity index (χ1) is 28.5. The fourth-order valence-electron chi connectivity index (χ4n) is 8.84. The minimum absolute atomic E-state index is 0.000534.